The largest absolute Gasteiger partial charge is 0.494 e. The molecule has 3 nitrogen and oxygen atoms in total. The molecule has 0 radical (unpaired) electrons. The summed E-state index contributed by atoms with van der Waals surface area (Å²) in [6.45, 7) is 9.20. The van der Waals surface area contributed by atoms with Crippen molar-refractivity contribution in [3.63, 3.8) is 0 Å². The minimum absolute atomic E-state index is 0.717. The fourth-order valence-corrected chi connectivity index (χ4v) is 3.20. The number of piperazine rings is 1. The molecule has 24 heavy (non-hydrogen) atoms. The summed E-state index contributed by atoms with van der Waals surface area (Å²) in [5, 5.41) is 0.805. The molecule has 0 spiro atoms. The maximum Gasteiger partial charge on any atom is 0.119 e. The second-order valence-corrected chi connectivity index (χ2v) is 6.69. The topological polar surface area (TPSA) is 15.7 Å². The molecule has 4 heteroatoms. The average Bonchev–Trinajstić information content (AvgIpc) is 2.61. The van der Waals surface area contributed by atoms with Gasteiger partial charge in [-0.15, -0.1) is 0 Å². The van der Waals surface area contributed by atoms with Crippen molar-refractivity contribution in [1.29, 1.82) is 0 Å². The SMILES string of the molecule is CCOc1ccc(CN2CCN(Cc3ccc(Cl)cc3)CC2)cc1. The van der Waals surface area contributed by atoms with Crippen LogP contribution in [0, 0.1) is 0 Å². The first-order valence-electron chi connectivity index (χ1n) is 8.64. The first-order valence-corrected chi connectivity index (χ1v) is 9.01. The van der Waals surface area contributed by atoms with Gasteiger partial charge in [0.05, 0.1) is 6.61 Å². The molecule has 2 aromatic rings. The van der Waals surface area contributed by atoms with Gasteiger partial charge in [-0.05, 0) is 42.3 Å². The molecule has 1 aliphatic rings. The smallest absolute Gasteiger partial charge is 0.119 e. The Morgan fingerprint density at radius 3 is 1.71 bits per heavy atom. The van der Waals surface area contributed by atoms with E-state index in [0.717, 1.165) is 56.6 Å². The van der Waals surface area contributed by atoms with Gasteiger partial charge >= 0.3 is 0 Å². The minimum Gasteiger partial charge on any atom is -0.494 e. The monoisotopic (exact) mass is 344 g/mol. The predicted octanol–water partition coefficient (Wildman–Crippen LogP) is 4.06. The van der Waals surface area contributed by atoms with Crippen molar-refractivity contribution >= 4 is 11.6 Å². The molecule has 1 saturated heterocycles. The highest BCUT2D eigenvalue weighted by molar-refractivity contribution is 6.30. The van der Waals surface area contributed by atoms with Crippen LogP contribution < -0.4 is 4.74 Å². The molecule has 0 atom stereocenters. The lowest BCUT2D eigenvalue weighted by atomic mass is 10.1. The Balaban J connectivity index is 1.45. The number of hydrogen-bond acceptors (Lipinski definition) is 3. The second kappa shape index (κ2) is 8.52. The average molecular weight is 345 g/mol. The van der Waals surface area contributed by atoms with Crippen LogP contribution in [-0.4, -0.2) is 42.6 Å². The van der Waals surface area contributed by atoms with E-state index in [9.17, 15) is 0 Å². The third kappa shape index (κ3) is 4.97. The van der Waals surface area contributed by atoms with Crippen molar-refractivity contribution in [2.75, 3.05) is 32.8 Å². The van der Waals surface area contributed by atoms with Gasteiger partial charge in [0.2, 0.25) is 0 Å². The van der Waals surface area contributed by atoms with Gasteiger partial charge in [0, 0.05) is 44.3 Å². The van der Waals surface area contributed by atoms with Gasteiger partial charge in [-0.25, -0.2) is 0 Å². The summed E-state index contributed by atoms with van der Waals surface area (Å²) in [6.07, 6.45) is 0. The fourth-order valence-electron chi connectivity index (χ4n) is 3.07. The van der Waals surface area contributed by atoms with Crippen LogP contribution in [0.4, 0.5) is 0 Å². The first kappa shape index (κ1) is 17.3. The molecule has 0 N–H and O–H groups in total. The Bertz CT molecular complexity index is 619. The summed E-state index contributed by atoms with van der Waals surface area (Å²) in [6, 6.07) is 16.7. The van der Waals surface area contributed by atoms with E-state index < -0.39 is 0 Å². The molecule has 1 fully saturated rings. The first-order chi connectivity index (χ1) is 11.7. The van der Waals surface area contributed by atoms with Crippen molar-refractivity contribution in [3.8, 4) is 5.75 Å². The number of benzene rings is 2. The molecule has 0 bridgehead atoms. The molecule has 0 saturated carbocycles. The number of hydrogen-bond donors (Lipinski definition) is 0. The molecular weight excluding hydrogens is 320 g/mol. The summed E-state index contributed by atoms with van der Waals surface area (Å²) in [7, 11) is 0. The number of nitrogens with zero attached hydrogens (tertiary/aromatic N) is 2. The highest BCUT2D eigenvalue weighted by Gasteiger charge is 2.17. The quantitative estimate of drug-likeness (QED) is 0.786. The Labute approximate surface area is 149 Å². The molecule has 1 aliphatic heterocycles. The van der Waals surface area contributed by atoms with Crippen LogP contribution in [0.25, 0.3) is 0 Å². The van der Waals surface area contributed by atoms with Crippen LogP contribution >= 0.6 is 11.6 Å². The summed E-state index contributed by atoms with van der Waals surface area (Å²) < 4.78 is 5.50. The van der Waals surface area contributed by atoms with Gasteiger partial charge < -0.3 is 4.74 Å². The van der Waals surface area contributed by atoms with Gasteiger partial charge in [0.1, 0.15) is 5.75 Å². The van der Waals surface area contributed by atoms with Crippen LogP contribution in [-0.2, 0) is 13.1 Å². The molecule has 2 aromatic carbocycles. The van der Waals surface area contributed by atoms with Gasteiger partial charge in [0.25, 0.3) is 0 Å². The van der Waals surface area contributed by atoms with Crippen LogP contribution in [0.3, 0.4) is 0 Å². The molecule has 0 aromatic heterocycles. The van der Waals surface area contributed by atoms with Gasteiger partial charge in [-0.3, -0.25) is 9.80 Å². The van der Waals surface area contributed by atoms with Crippen molar-refractivity contribution in [2.24, 2.45) is 0 Å². The zero-order valence-electron chi connectivity index (χ0n) is 14.2. The highest BCUT2D eigenvalue weighted by atomic mass is 35.5. The van der Waals surface area contributed by atoms with Crippen molar-refractivity contribution in [3.05, 3.63) is 64.7 Å². The summed E-state index contributed by atoms with van der Waals surface area (Å²) >= 11 is 5.95. The van der Waals surface area contributed by atoms with Crippen molar-refractivity contribution in [2.45, 2.75) is 20.0 Å². The zero-order chi connectivity index (χ0) is 16.8. The Hall–Kier alpha value is -1.55. The summed E-state index contributed by atoms with van der Waals surface area (Å²) in [5.41, 5.74) is 2.68. The highest BCUT2D eigenvalue weighted by Crippen LogP contribution is 2.16. The lowest BCUT2D eigenvalue weighted by molar-refractivity contribution is 0.122. The van der Waals surface area contributed by atoms with E-state index in [0.29, 0.717) is 0 Å². The molecule has 0 aliphatic carbocycles. The van der Waals surface area contributed by atoms with E-state index in [4.69, 9.17) is 16.3 Å². The lowest BCUT2D eigenvalue weighted by Gasteiger charge is -2.34. The standard InChI is InChI=1S/C20H25ClN2O/c1-2-24-20-9-5-18(6-10-20)16-23-13-11-22(12-14-23)15-17-3-7-19(21)8-4-17/h3-10H,2,11-16H2,1H3. The molecular formula is C20H25ClN2O. The van der Waals surface area contributed by atoms with Gasteiger partial charge in [0.15, 0.2) is 0 Å². The van der Waals surface area contributed by atoms with E-state index in [1.165, 1.54) is 11.1 Å². The van der Waals surface area contributed by atoms with Crippen LogP contribution in [0.1, 0.15) is 18.1 Å². The van der Waals surface area contributed by atoms with Crippen LogP contribution in [0.5, 0.6) is 5.75 Å². The normalized spacial score (nSPS) is 16.2. The minimum atomic E-state index is 0.717. The molecule has 3 rings (SSSR count). The molecule has 128 valence electrons. The van der Waals surface area contributed by atoms with E-state index in [1.807, 2.05) is 19.1 Å². The Morgan fingerprint density at radius 2 is 1.25 bits per heavy atom. The van der Waals surface area contributed by atoms with Gasteiger partial charge in [-0.2, -0.15) is 0 Å². The van der Waals surface area contributed by atoms with Crippen LogP contribution in [0.2, 0.25) is 5.02 Å². The number of rotatable bonds is 6. The predicted molar refractivity (Wildman–Crippen MR) is 99.6 cm³/mol. The van der Waals surface area contributed by atoms with Crippen molar-refractivity contribution < 1.29 is 4.74 Å². The van der Waals surface area contributed by atoms with E-state index in [1.54, 1.807) is 0 Å². The summed E-state index contributed by atoms with van der Waals surface area (Å²) in [4.78, 5) is 5.03. The van der Waals surface area contributed by atoms with Crippen molar-refractivity contribution in [1.82, 2.24) is 9.80 Å². The third-order valence-corrected chi connectivity index (χ3v) is 4.68. The third-order valence-electron chi connectivity index (χ3n) is 4.42. The zero-order valence-corrected chi connectivity index (χ0v) is 15.0. The molecule has 0 unspecified atom stereocenters. The van der Waals surface area contributed by atoms with E-state index in [-0.39, 0.29) is 0 Å². The molecule has 1 heterocycles. The lowest BCUT2D eigenvalue weighted by Crippen LogP contribution is -2.45. The Morgan fingerprint density at radius 1 is 0.792 bits per heavy atom. The number of halogens is 1. The van der Waals surface area contributed by atoms with Crippen LogP contribution in [0.15, 0.2) is 48.5 Å². The van der Waals surface area contributed by atoms with Gasteiger partial charge in [-0.1, -0.05) is 35.9 Å². The maximum atomic E-state index is 5.95. The van der Waals surface area contributed by atoms with E-state index >= 15 is 0 Å². The summed E-state index contributed by atoms with van der Waals surface area (Å²) in [5.74, 6) is 0.953. The molecule has 0 amide bonds. The second-order valence-electron chi connectivity index (χ2n) is 6.26. The maximum absolute atomic E-state index is 5.95. The Kier molecular flexibility index (Phi) is 6.13. The number of ether oxygens (including phenoxy) is 1. The van der Waals surface area contributed by atoms with E-state index in [2.05, 4.69) is 46.2 Å². The fraction of sp³-hybridized carbons (Fsp3) is 0.400.